The topological polar surface area (TPSA) is 93.5 Å². The Morgan fingerprint density at radius 1 is 1.20 bits per heavy atom. The monoisotopic (exact) mass is 362 g/mol. The molecule has 0 aliphatic carbocycles. The number of rotatable bonds is 4. The van der Waals surface area contributed by atoms with Crippen molar-refractivity contribution in [1.82, 2.24) is 14.7 Å². The third-order valence-electron chi connectivity index (χ3n) is 4.20. The lowest BCUT2D eigenvalue weighted by molar-refractivity contribution is -0.137. The maximum absolute atomic E-state index is 12.9. The van der Waals surface area contributed by atoms with E-state index in [1.165, 1.54) is 9.80 Å². The van der Waals surface area contributed by atoms with Gasteiger partial charge >= 0.3 is 12.0 Å². The lowest BCUT2D eigenvalue weighted by Crippen LogP contribution is -2.64. The molecule has 8 nitrogen and oxygen atoms in total. The van der Waals surface area contributed by atoms with Gasteiger partial charge in [0.15, 0.2) is 17.4 Å². The maximum atomic E-state index is 12.9. The smallest absolute Gasteiger partial charge is 0.328 e. The number of amides is 3. The molecular formula is C16H18N4O4S. The number of hydrogen-bond acceptors (Lipinski definition) is 6. The summed E-state index contributed by atoms with van der Waals surface area (Å²) < 4.78 is 0. The van der Waals surface area contributed by atoms with Gasteiger partial charge in [0.2, 0.25) is 0 Å². The highest BCUT2D eigenvalue weighted by atomic mass is 32.2. The molecule has 132 valence electrons. The van der Waals surface area contributed by atoms with E-state index in [-0.39, 0.29) is 18.2 Å². The molecule has 3 amide bonds. The van der Waals surface area contributed by atoms with Crippen molar-refractivity contribution in [2.24, 2.45) is 4.99 Å². The first-order valence-corrected chi connectivity index (χ1v) is 8.66. The van der Waals surface area contributed by atoms with Gasteiger partial charge in [-0.15, -0.1) is 0 Å². The Bertz CT molecular complexity index is 739. The molecule has 1 N–H and O–H groups in total. The van der Waals surface area contributed by atoms with Crippen LogP contribution in [0.1, 0.15) is 5.56 Å². The minimum Gasteiger partial charge on any atom is -0.481 e. The number of amidine groups is 1. The second kappa shape index (κ2) is 6.75. The second-order valence-electron chi connectivity index (χ2n) is 5.87. The summed E-state index contributed by atoms with van der Waals surface area (Å²) in [6.45, 7) is 0.192. The third kappa shape index (κ3) is 3.19. The molecule has 0 saturated carbocycles. The summed E-state index contributed by atoms with van der Waals surface area (Å²) in [5.41, 5.74) is 0.859. The zero-order valence-corrected chi connectivity index (χ0v) is 14.6. The first-order valence-electron chi connectivity index (χ1n) is 7.67. The number of carbonyl (C=O) groups excluding carboxylic acids is 2. The molecule has 0 aromatic heterocycles. The number of likely N-dealkylation sites (N-methyl/N-ethyl adjacent to an activating group) is 2. The summed E-state index contributed by atoms with van der Waals surface area (Å²) in [5, 5.41) is 9.29. The average Bonchev–Trinajstić information content (AvgIpc) is 2.93. The van der Waals surface area contributed by atoms with Crippen molar-refractivity contribution < 1.29 is 19.5 Å². The number of carbonyl (C=O) groups is 3. The van der Waals surface area contributed by atoms with E-state index in [4.69, 9.17) is 5.11 Å². The Morgan fingerprint density at radius 2 is 1.88 bits per heavy atom. The predicted octanol–water partition coefficient (Wildman–Crippen LogP) is 0.895. The van der Waals surface area contributed by atoms with E-state index in [1.54, 1.807) is 19.0 Å². The van der Waals surface area contributed by atoms with Gasteiger partial charge in [0.25, 0.3) is 5.91 Å². The fourth-order valence-corrected chi connectivity index (χ4v) is 3.67. The van der Waals surface area contributed by atoms with Gasteiger partial charge in [-0.3, -0.25) is 14.5 Å². The van der Waals surface area contributed by atoms with E-state index in [2.05, 4.69) is 4.99 Å². The number of aliphatic imine (C=N–C) groups is 1. The van der Waals surface area contributed by atoms with E-state index in [1.807, 2.05) is 30.3 Å². The van der Waals surface area contributed by atoms with E-state index in [0.29, 0.717) is 5.17 Å². The van der Waals surface area contributed by atoms with Gasteiger partial charge in [-0.1, -0.05) is 42.1 Å². The molecule has 1 aromatic carbocycles. The van der Waals surface area contributed by atoms with Crippen LogP contribution in [0, 0.1) is 0 Å². The van der Waals surface area contributed by atoms with Crippen LogP contribution in [-0.4, -0.2) is 74.9 Å². The van der Waals surface area contributed by atoms with Crippen molar-refractivity contribution in [1.29, 1.82) is 0 Å². The standard InChI is InChI=1S/C16H18N4O4S/c1-18-12-13(17-15(18)25-9-11(21)22)19(2)16(24)20(14(12)23)8-10-6-4-3-5-7-10/h3-7,12-13H,8-9H2,1-2H3,(H,21,22). The number of urea groups is 1. The van der Waals surface area contributed by atoms with Crippen molar-refractivity contribution in [3.8, 4) is 0 Å². The van der Waals surface area contributed by atoms with Crippen molar-refractivity contribution in [3.05, 3.63) is 35.9 Å². The Balaban J connectivity index is 1.82. The predicted molar refractivity (Wildman–Crippen MR) is 93.0 cm³/mol. The fraction of sp³-hybridized carbons (Fsp3) is 0.375. The van der Waals surface area contributed by atoms with Crippen LogP contribution in [0.3, 0.4) is 0 Å². The quantitative estimate of drug-likeness (QED) is 0.855. The van der Waals surface area contributed by atoms with Crippen LogP contribution >= 0.6 is 11.8 Å². The lowest BCUT2D eigenvalue weighted by Gasteiger charge is -2.40. The maximum Gasteiger partial charge on any atom is 0.328 e. The number of carboxylic acids is 1. The van der Waals surface area contributed by atoms with Gasteiger partial charge in [0.1, 0.15) is 0 Å². The number of benzene rings is 1. The number of hydrogen-bond donors (Lipinski definition) is 1. The molecule has 2 atom stereocenters. The molecule has 2 heterocycles. The number of fused-ring (bicyclic) bond motifs is 1. The number of nitrogens with zero attached hydrogens (tertiary/aromatic N) is 4. The Kier molecular flexibility index (Phi) is 4.67. The molecule has 0 radical (unpaired) electrons. The minimum absolute atomic E-state index is 0.151. The molecule has 3 rings (SSSR count). The first-order chi connectivity index (χ1) is 11.9. The Hall–Kier alpha value is -2.55. The molecule has 2 aliphatic rings. The van der Waals surface area contributed by atoms with Crippen LogP contribution in [0.15, 0.2) is 35.3 Å². The number of aliphatic carboxylic acids is 1. The summed E-state index contributed by atoms with van der Waals surface area (Å²) >= 11 is 1.04. The first kappa shape index (κ1) is 17.3. The van der Waals surface area contributed by atoms with E-state index in [9.17, 15) is 14.4 Å². The van der Waals surface area contributed by atoms with E-state index in [0.717, 1.165) is 17.3 Å². The molecule has 1 saturated heterocycles. The summed E-state index contributed by atoms with van der Waals surface area (Å²) in [4.78, 5) is 45.0. The summed E-state index contributed by atoms with van der Waals surface area (Å²) in [7, 11) is 3.30. The Labute approximate surface area is 149 Å². The number of thioether (sulfide) groups is 1. The molecule has 1 fully saturated rings. The minimum atomic E-state index is -0.961. The van der Waals surface area contributed by atoms with Crippen LogP contribution in [0.4, 0.5) is 4.79 Å². The van der Waals surface area contributed by atoms with Gasteiger partial charge in [-0.25, -0.2) is 9.79 Å². The molecule has 2 unspecified atom stereocenters. The largest absolute Gasteiger partial charge is 0.481 e. The molecule has 0 bridgehead atoms. The molecule has 9 heteroatoms. The van der Waals surface area contributed by atoms with Crippen LogP contribution in [0.25, 0.3) is 0 Å². The van der Waals surface area contributed by atoms with Crippen molar-refractivity contribution in [3.63, 3.8) is 0 Å². The molecule has 0 spiro atoms. The molecule has 25 heavy (non-hydrogen) atoms. The SMILES string of the molecule is CN1C(=O)N(Cc2ccccc2)C(=O)C2C1N=C(SCC(=O)O)N2C. The third-order valence-corrected chi connectivity index (χ3v) is 5.24. The van der Waals surface area contributed by atoms with Crippen LogP contribution < -0.4 is 0 Å². The summed E-state index contributed by atoms with van der Waals surface area (Å²) in [6.07, 6.45) is -0.631. The van der Waals surface area contributed by atoms with E-state index < -0.39 is 24.2 Å². The van der Waals surface area contributed by atoms with Crippen molar-refractivity contribution in [2.45, 2.75) is 18.8 Å². The average molecular weight is 362 g/mol. The van der Waals surface area contributed by atoms with Crippen molar-refractivity contribution in [2.75, 3.05) is 19.8 Å². The van der Waals surface area contributed by atoms with Gasteiger partial charge in [0.05, 0.1) is 12.3 Å². The zero-order chi connectivity index (χ0) is 18.1. The van der Waals surface area contributed by atoms with Gasteiger partial charge in [0, 0.05) is 14.1 Å². The molecule has 2 aliphatic heterocycles. The lowest BCUT2D eigenvalue weighted by atomic mass is 10.1. The summed E-state index contributed by atoms with van der Waals surface area (Å²) in [6, 6.07) is 8.25. The highest BCUT2D eigenvalue weighted by molar-refractivity contribution is 8.14. The van der Waals surface area contributed by atoms with Crippen molar-refractivity contribution >= 4 is 34.8 Å². The van der Waals surface area contributed by atoms with Crippen LogP contribution in [0.2, 0.25) is 0 Å². The van der Waals surface area contributed by atoms with Crippen LogP contribution in [0.5, 0.6) is 0 Å². The fourth-order valence-electron chi connectivity index (χ4n) is 2.92. The second-order valence-corrected chi connectivity index (χ2v) is 6.81. The van der Waals surface area contributed by atoms with Crippen LogP contribution in [-0.2, 0) is 16.1 Å². The van der Waals surface area contributed by atoms with Gasteiger partial charge in [-0.2, -0.15) is 0 Å². The summed E-state index contributed by atoms with van der Waals surface area (Å²) in [5.74, 6) is -1.44. The van der Waals surface area contributed by atoms with Gasteiger partial charge in [-0.05, 0) is 5.56 Å². The normalized spacial score (nSPS) is 23.0. The highest BCUT2D eigenvalue weighted by Gasteiger charge is 2.50. The van der Waals surface area contributed by atoms with E-state index >= 15 is 0 Å². The number of carboxylic acid groups (broad SMARTS) is 1. The Morgan fingerprint density at radius 3 is 2.52 bits per heavy atom. The highest BCUT2D eigenvalue weighted by Crippen LogP contribution is 2.30. The van der Waals surface area contributed by atoms with Gasteiger partial charge < -0.3 is 14.9 Å². The zero-order valence-electron chi connectivity index (χ0n) is 13.8. The molecular weight excluding hydrogens is 344 g/mol. The molecule has 1 aromatic rings. The number of imide groups is 1.